The molecule has 0 aliphatic heterocycles. The van der Waals surface area contributed by atoms with E-state index >= 15 is 0 Å². The molecule has 0 fully saturated rings. The van der Waals surface area contributed by atoms with Crippen LogP contribution in [0.3, 0.4) is 0 Å². The Bertz CT molecular complexity index is 781. The summed E-state index contributed by atoms with van der Waals surface area (Å²) in [5.74, 6) is 11.7. The summed E-state index contributed by atoms with van der Waals surface area (Å²) in [4.78, 5) is 23.2. The Labute approximate surface area is 173 Å². The maximum absolute atomic E-state index is 12.0. The average Bonchev–Trinajstić information content (AvgIpc) is 2.68. The first kappa shape index (κ1) is 24.2. The number of hydrogen-bond donors (Lipinski definition) is 2. The third-order valence-electron chi connectivity index (χ3n) is 3.78. The monoisotopic (exact) mass is 398 g/mol. The fraction of sp³-hybridized carbons (Fsp3) is 0.478. The highest BCUT2D eigenvalue weighted by atomic mass is 16.5. The van der Waals surface area contributed by atoms with Gasteiger partial charge in [-0.2, -0.15) is 0 Å². The molecule has 0 saturated carbocycles. The van der Waals surface area contributed by atoms with E-state index in [-0.39, 0.29) is 30.4 Å². The molecule has 1 aromatic carbocycles. The van der Waals surface area contributed by atoms with E-state index in [0.29, 0.717) is 26.3 Å². The van der Waals surface area contributed by atoms with Crippen LogP contribution in [0.1, 0.15) is 38.8 Å². The van der Waals surface area contributed by atoms with Crippen LogP contribution in [-0.4, -0.2) is 50.8 Å². The number of rotatable bonds is 9. The van der Waals surface area contributed by atoms with Gasteiger partial charge in [0.25, 0.3) is 0 Å². The van der Waals surface area contributed by atoms with Gasteiger partial charge in [-0.3, -0.25) is 20.2 Å². The van der Waals surface area contributed by atoms with Crippen molar-refractivity contribution < 1.29 is 19.1 Å². The zero-order valence-electron chi connectivity index (χ0n) is 17.6. The van der Waals surface area contributed by atoms with Crippen molar-refractivity contribution in [3.8, 4) is 23.7 Å². The summed E-state index contributed by atoms with van der Waals surface area (Å²) in [6.07, 6.45) is 0. The standard InChI is InChI=1S/C23H30N2O4/c1-5-28-21(26)17-24-15-9-13-19-11-7-8-12-20(19)14-10-16-25-22(18(3)4)23(27)29-6-2/h7-8,11-12,18,22,24-25H,5-6,15-17H2,1-4H3/t22-/m0/s1. The van der Waals surface area contributed by atoms with E-state index in [1.165, 1.54) is 0 Å². The van der Waals surface area contributed by atoms with Crippen molar-refractivity contribution in [3.05, 3.63) is 35.4 Å². The second kappa shape index (κ2) is 14.2. The Morgan fingerprint density at radius 2 is 1.55 bits per heavy atom. The van der Waals surface area contributed by atoms with E-state index in [4.69, 9.17) is 9.47 Å². The van der Waals surface area contributed by atoms with Gasteiger partial charge in [-0.05, 0) is 31.9 Å². The minimum absolute atomic E-state index is 0.108. The molecule has 29 heavy (non-hydrogen) atoms. The molecule has 0 aromatic heterocycles. The van der Waals surface area contributed by atoms with E-state index in [0.717, 1.165) is 11.1 Å². The highest BCUT2D eigenvalue weighted by molar-refractivity contribution is 5.76. The van der Waals surface area contributed by atoms with Crippen molar-refractivity contribution >= 4 is 11.9 Å². The molecular weight excluding hydrogens is 368 g/mol. The molecule has 0 spiro atoms. The lowest BCUT2D eigenvalue weighted by Crippen LogP contribution is -2.42. The third-order valence-corrected chi connectivity index (χ3v) is 3.78. The molecule has 6 heteroatoms. The van der Waals surface area contributed by atoms with Crippen LogP contribution in [0.5, 0.6) is 0 Å². The summed E-state index contributed by atoms with van der Waals surface area (Å²) in [6.45, 7) is 9.08. The smallest absolute Gasteiger partial charge is 0.323 e. The Kier molecular flexibility index (Phi) is 11.9. The zero-order chi connectivity index (χ0) is 21.5. The number of nitrogens with one attached hydrogen (secondary N) is 2. The molecule has 0 unspecified atom stereocenters. The highest BCUT2D eigenvalue weighted by Gasteiger charge is 2.22. The number of ether oxygens (including phenoxy) is 2. The fourth-order valence-corrected chi connectivity index (χ4v) is 2.40. The minimum atomic E-state index is -0.384. The molecule has 0 saturated heterocycles. The first-order chi connectivity index (χ1) is 14.0. The van der Waals surface area contributed by atoms with Crippen LogP contribution < -0.4 is 10.6 Å². The van der Waals surface area contributed by atoms with Gasteiger partial charge >= 0.3 is 11.9 Å². The molecule has 0 aliphatic rings. The number of carbonyl (C=O) groups is 2. The molecule has 156 valence electrons. The van der Waals surface area contributed by atoms with Crippen molar-refractivity contribution in [1.82, 2.24) is 10.6 Å². The predicted octanol–water partition coefficient (Wildman–Crippen LogP) is 1.72. The minimum Gasteiger partial charge on any atom is -0.465 e. The van der Waals surface area contributed by atoms with Crippen molar-refractivity contribution in [1.29, 1.82) is 0 Å². The van der Waals surface area contributed by atoms with Gasteiger partial charge in [-0.1, -0.05) is 49.7 Å². The average molecular weight is 399 g/mol. The van der Waals surface area contributed by atoms with E-state index < -0.39 is 0 Å². The van der Waals surface area contributed by atoms with Gasteiger partial charge < -0.3 is 9.47 Å². The molecule has 2 N–H and O–H groups in total. The Balaban J connectivity index is 2.64. The number of esters is 2. The van der Waals surface area contributed by atoms with Gasteiger partial charge in [0.2, 0.25) is 0 Å². The van der Waals surface area contributed by atoms with E-state index in [2.05, 4.69) is 34.3 Å². The maximum Gasteiger partial charge on any atom is 0.323 e. The van der Waals surface area contributed by atoms with Gasteiger partial charge in [0.05, 0.1) is 32.8 Å². The summed E-state index contributed by atoms with van der Waals surface area (Å²) >= 11 is 0. The summed E-state index contributed by atoms with van der Waals surface area (Å²) in [5, 5.41) is 6.05. The Morgan fingerprint density at radius 3 is 2.10 bits per heavy atom. The lowest BCUT2D eigenvalue weighted by atomic mass is 10.0. The van der Waals surface area contributed by atoms with Gasteiger partial charge in [-0.15, -0.1) is 0 Å². The quantitative estimate of drug-likeness (QED) is 0.375. The van der Waals surface area contributed by atoms with Crippen molar-refractivity contribution in [2.75, 3.05) is 32.8 Å². The van der Waals surface area contributed by atoms with Crippen LogP contribution in [0.25, 0.3) is 0 Å². The molecule has 1 rings (SSSR count). The second-order valence-electron chi connectivity index (χ2n) is 6.41. The molecule has 0 bridgehead atoms. The molecule has 1 aromatic rings. The van der Waals surface area contributed by atoms with Gasteiger partial charge in [0, 0.05) is 11.1 Å². The van der Waals surface area contributed by atoms with Crippen molar-refractivity contribution in [2.24, 2.45) is 5.92 Å². The second-order valence-corrected chi connectivity index (χ2v) is 6.41. The molecular formula is C23H30N2O4. The lowest BCUT2D eigenvalue weighted by molar-refractivity contribution is -0.146. The first-order valence-corrected chi connectivity index (χ1v) is 9.82. The number of benzene rings is 1. The first-order valence-electron chi connectivity index (χ1n) is 9.82. The SMILES string of the molecule is CCOC(=O)CNCC#Cc1ccccc1C#CCN[C@H](C(=O)OCC)C(C)C. The van der Waals surface area contributed by atoms with Crippen LogP contribution in [0.2, 0.25) is 0 Å². The van der Waals surface area contributed by atoms with Gasteiger partial charge in [0.15, 0.2) is 0 Å². The Hall–Kier alpha value is -2.80. The van der Waals surface area contributed by atoms with E-state index in [9.17, 15) is 9.59 Å². The molecule has 6 nitrogen and oxygen atoms in total. The molecule has 0 radical (unpaired) electrons. The molecule has 0 heterocycles. The van der Waals surface area contributed by atoms with Crippen LogP contribution >= 0.6 is 0 Å². The normalized spacial score (nSPS) is 10.9. The van der Waals surface area contributed by atoms with Gasteiger partial charge in [0.1, 0.15) is 6.04 Å². The summed E-state index contributed by atoms with van der Waals surface area (Å²) < 4.78 is 9.93. The Morgan fingerprint density at radius 1 is 0.966 bits per heavy atom. The van der Waals surface area contributed by atoms with Crippen LogP contribution in [0.15, 0.2) is 24.3 Å². The van der Waals surface area contributed by atoms with Crippen molar-refractivity contribution in [3.63, 3.8) is 0 Å². The van der Waals surface area contributed by atoms with Crippen LogP contribution in [-0.2, 0) is 19.1 Å². The summed E-state index contributed by atoms with van der Waals surface area (Å²) in [6, 6.07) is 7.20. The number of hydrogen-bond acceptors (Lipinski definition) is 6. The molecule has 0 aliphatic carbocycles. The topological polar surface area (TPSA) is 76.7 Å². The predicted molar refractivity (Wildman–Crippen MR) is 113 cm³/mol. The highest BCUT2D eigenvalue weighted by Crippen LogP contribution is 2.06. The third kappa shape index (κ3) is 9.80. The van der Waals surface area contributed by atoms with E-state index in [1.807, 2.05) is 38.1 Å². The number of carbonyl (C=O) groups excluding carboxylic acids is 2. The molecule has 0 amide bonds. The lowest BCUT2D eigenvalue weighted by Gasteiger charge is -2.19. The van der Waals surface area contributed by atoms with Crippen LogP contribution in [0, 0.1) is 29.6 Å². The summed E-state index contributed by atoms with van der Waals surface area (Å²) in [7, 11) is 0. The van der Waals surface area contributed by atoms with Crippen LogP contribution in [0.4, 0.5) is 0 Å². The fourth-order valence-electron chi connectivity index (χ4n) is 2.40. The largest absolute Gasteiger partial charge is 0.465 e. The van der Waals surface area contributed by atoms with E-state index in [1.54, 1.807) is 13.8 Å². The van der Waals surface area contributed by atoms with Gasteiger partial charge in [-0.25, -0.2) is 0 Å². The summed E-state index contributed by atoms with van der Waals surface area (Å²) in [5.41, 5.74) is 1.62. The maximum atomic E-state index is 12.0. The van der Waals surface area contributed by atoms with Crippen molar-refractivity contribution in [2.45, 2.75) is 33.7 Å². The zero-order valence-corrected chi connectivity index (χ0v) is 17.6. The molecule has 1 atom stereocenters.